The normalized spacial score (nSPS) is 17.6. The predicted octanol–water partition coefficient (Wildman–Crippen LogP) is 5.73. The Kier molecular flexibility index (Phi) is 10.8. The number of alkyl carbamates (subject to hydrolysis) is 1. The molecular weight excluding hydrogens is 671 g/mol. The third-order valence-corrected chi connectivity index (χ3v) is 7.91. The first-order valence-electron chi connectivity index (χ1n) is 14.0. The van der Waals surface area contributed by atoms with Gasteiger partial charge in [-0.05, 0) is 129 Å². The molecule has 0 spiro atoms. The number of amides is 3. The molecule has 1 aliphatic carbocycles. The van der Waals surface area contributed by atoms with Crippen LogP contribution in [-0.2, 0) is 20.7 Å². The van der Waals surface area contributed by atoms with Crippen LogP contribution in [0.1, 0.15) is 52.0 Å². The fourth-order valence-corrected chi connectivity index (χ4v) is 5.32. The first kappa shape index (κ1) is 31.7. The van der Waals surface area contributed by atoms with Crippen molar-refractivity contribution in [3.8, 4) is 11.4 Å². The van der Waals surface area contributed by atoms with Gasteiger partial charge in [0.05, 0.1) is 0 Å². The van der Waals surface area contributed by atoms with Gasteiger partial charge in [-0.2, -0.15) is 0 Å². The highest BCUT2D eigenvalue weighted by Crippen LogP contribution is 2.29. The van der Waals surface area contributed by atoms with E-state index in [1.165, 1.54) is 0 Å². The second-order valence-electron chi connectivity index (χ2n) is 11.5. The molecule has 3 amide bonds. The lowest BCUT2D eigenvalue weighted by atomic mass is 9.81. The third-order valence-electron chi connectivity index (χ3n) is 7.02. The lowest BCUT2D eigenvalue weighted by Gasteiger charge is -2.29. The van der Waals surface area contributed by atoms with Gasteiger partial charge >= 0.3 is 6.09 Å². The number of carbonyl (C=O) groups is 3. The lowest BCUT2D eigenvalue weighted by molar-refractivity contribution is -0.130. The molecule has 10 nitrogen and oxygen atoms in total. The van der Waals surface area contributed by atoms with E-state index in [1.807, 2.05) is 45.0 Å². The van der Waals surface area contributed by atoms with Gasteiger partial charge < -0.3 is 25.7 Å². The Hall–Kier alpha value is -3.19. The van der Waals surface area contributed by atoms with E-state index in [9.17, 15) is 14.4 Å². The van der Waals surface area contributed by atoms with Crippen molar-refractivity contribution in [2.45, 2.75) is 64.5 Å². The van der Waals surface area contributed by atoms with E-state index in [-0.39, 0.29) is 28.9 Å². The summed E-state index contributed by atoms with van der Waals surface area (Å²) < 4.78 is 6.41. The van der Waals surface area contributed by atoms with E-state index in [4.69, 9.17) is 16.3 Å². The van der Waals surface area contributed by atoms with Crippen molar-refractivity contribution >= 4 is 57.8 Å². The van der Waals surface area contributed by atoms with Gasteiger partial charge in [0.15, 0.2) is 5.82 Å². The fourth-order valence-electron chi connectivity index (χ4n) is 4.84. The summed E-state index contributed by atoms with van der Waals surface area (Å²) in [4.78, 5) is 41.6. The van der Waals surface area contributed by atoms with E-state index in [1.54, 1.807) is 24.3 Å². The Morgan fingerprint density at radius 1 is 1.02 bits per heavy atom. The van der Waals surface area contributed by atoms with E-state index in [0.717, 1.165) is 27.5 Å². The van der Waals surface area contributed by atoms with Crippen LogP contribution in [-0.4, -0.2) is 51.3 Å². The molecule has 0 saturated heterocycles. The van der Waals surface area contributed by atoms with Gasteiger partial charge in [0.1, 0.15) is 11.6 Å². The molecule has 0 bridgehead atoms. The van der Waals surface area contributed by atoms with Crippen molar-refractivity contribution in [1.29, 1.82) is 0 Å². The number of nitrogens with one attached hydrogen (secondary N) is 4. The first-order chi connectivity index (χ1) is 19.9. The van der Waals surface area contributed by atoms with Crippen LogP contribution in [0.4, 0.5) is 10.5 Å². The van der Waals surface area contributed by atoms with E-state index in [0.29, 0.717) is 37.3 Å². The van der Waals surface area contributed by atoms with Gasteiger partial charge in [0.2, 0.25) is 17.1 Å². The lowest BCUT2D eigenvalue weighted by Crippen LogP contribution is -2.48. The summed E-state index contributed by atoms with van der Waals surface area (Å²) in [7, 11) is 0. The number of halogens is 2. The van der Waals surface area contributed by atoms with Gasteiger partial charge in [-0.3, -0.25) is 9.59 Å². The highest BCUT2D eigenvalue weighted by Gasteiger charge is 2.30. The molecule has 1 fully saturated rings. The average molecular weight is 707 g/mol. The minimum atomic E-state index is -0.753. The minimum absolute atomic E-state index is 0.128. The number of hydrogen-bond acceptors (Lipinski definition) is 6. The number of benzene rings is 2. The maximum absolute atomic E-state index is 13.4. The van der Waals surface area contributed by atoms with Crippen LogP contribution in [0.2, 0.25) is 5.28 Å². The summed E-state index contributed by atoms with van der Waals surface area (Å²) in [5.74, 6) is 0.188. The third kappa shape index (κ3) is 9.69. The summed E-state index contributed by atoms with van der Waals surface area (Å²) in [6, 6.07) is 14.3. The van der Waals surface area contributed by atoms with Crippen LogP contribution < -0.4 is 16.0 Å². The summed E-state index contributed by atoms with van der Waals surface area (Å²) in [5, 5.41) is 16.7. The smallest absolute Gasteiger partial charge is 0.407 e. The quantitative estimate of drug-likeness (QED) is 0.210. The van der Waals surface area contributed by atoms with Crippen LogP contribution in [0.25, 0.3) is 11.4 Å². The second kappa shape index (κ2) is 14.3. The number of nitrogens with zero attached hydrogens (tertiary/aromatic N) is 2. The zero-order valence-electron chi connectivity index (χ0n) is 23.9. The number of anilines is 1. The van der Waals surface area contributed by atoms with Crippen LogP contribution in [0.15, 0.2) is 48.5 Å². The molecule has 224 valence electrons. The Morgan fingerprint density at radius 3 is 2.29 bits per heavy atom. The number of H-pyrrole nitrogens is 1. The molecule has 4 N–H and O–H groups in total. The van der Waals surface area contributed by atoms with Gasteiger partial charge in [-0.25, -0.2) is 4.79 Å². The fraction of sp³-hybridized carbons (Fsp3) is 0.433. The maximum atomic E-state index is 13.4. The zero-order valence-corrected chi connectivity index (χ0v) is 26.8. The largest absolute Gasteiger partial charge is 0.444 e. The molecular formula is C30H36ClIN6O4. The number of hydrogen-bond donors (Lipinski definition) is 4. The van der Waals surface area contributed by atoms with E-state index in [2.05, 4.69) is 53.7 Å². The molecule has 0 radical (unpaired) electrons. The van der Waals surface area contributed by atoms with Crippen LogP contribution in [0.3, 0.4) is 0 Å². The van der Waals surface area contributed by atoms with Crippen molar-refractivity contribution in [2.24, 2.45) is 11.8 Å². The standard InChI is InChI=1S/C30H36ClIN6O4/c1-30(2,3)42-29(41)33-17-19-4-8-21(9-5-19)26(39)35-24(16-18-6-12-22(32)13-7-18)27(40)34-23-14-10-20(11-15-23)25-36-28(31)38-37-25/h6-7,10-15,19,21,24H,4-5,8-9,16-17H2,1-3H3,(H,33,41)(H,34,40)(H,35,39)(H,36,37,38)/t19?,21?,24-/m0/s1. The number of aromatic nitrogens is 3. The summed E-state index contributed by atoms with van der Waals surface area (Å²) in [6.45, 7) is 6.00. The van der Waals surface area contributed by atoms with Crippen molar-refractivity contribution in [1.82, 2.24) is 25.8 Å². The average Bonchev–Trinajstić information content (AvgIpc) is 3.38. The van der Waals surface area contributed by atoms with E-state index < -0.39 is 17.7 Å². The zero-order chi connectivity index (χ0) is 30.3. The van der Waals surface area contributed by atoms with Gasteiger partial charge in [0.25, 0.3) is 0 Å². The summed E-state index contributed by atoms with van der Waals surface area (Å²) >= 11 is 8.06. The maximum Gasteiger partial charge on any atom is 0.407 e. The molecule has 12 heteroatoms. The highest BCUT2D eigenvalue weighted by molar-refractivity contribution is 14.1. The molecule has 4 rings (SSSR count). The van der Waals surface area contributed by atoms with Gasteiger partial charge in [-0.1, -0.05) is 12.1 Å². The molecule has 1 heterocycles. The van der Waals surface area contributed by atoms with Crippen molar-refractivity contribution in [2.75, 3.05) is 11.9 Å². The molecule has 1 aromatic heterocycles. The highest BCUT2D eigenvalue weighted by atomic mass is 127. The number of rotatable bonds is 9. The van der Waals surface area contributed by atoms with Gasteiger partial charge in [-0.15, -0.1) is 10.2 Å². The predicted molar refractivity (Wildman–Crippen MR) is 170 cm³/mol. The summed E-state index contributed by atoms with van der Waals surface area (Å²) in [5.41, 5.74) is 1.77. The second-order valence-corrected chi connectivity index (χ2v) is 13.1. The molecule has 42 heavy (non-hydrogen) atoms. The number of carbonyl (C=O) groups excluding carboxylic acids is 3. The summed E-state index contributed by atoms with van der Waals surface area (Å²) in [6.07, 6.45) is 2.94. The number of aromatic amines is 1. The topological polar surface area (TPSA) is 138 Å². The Labute approximate surface area is 264 Å². The molecule has 1 aliphatic rings. The minimum Gasteiger partial charge on any atom is -0.444 e. The monoisotopic (exact) mass is 706 g/mol. The van der Waals surface area contributed by atoms with Gasteiger partial charge in [0, 0.05) is 33.7 Å². The Balaban J connectivity index is 1.35. The van der Waals surface area contributed by atoms with Crippen molar-refractivity contribution in [3.63, 3.8) is 0 Å². The Morgan fingerprint density at radius 2 is 1.69 bits per heavy atom. The molecule has 2 aromatic carbocycles. The molecule has 0 unspecified atom stereocenters. The molecule has 0 aliphatic heterocycles. The van der Waals surface area contributed by atoms with Crippen molar-refractivity contribution in [3.05, 3.63) is 62.9 Å². The molecule has 3 aromatic rings. The van der Waals surface area contributed by atoms with Crippen LogP contribution in [0.5, 0.6) is 0 Å². The van der Waals surface area contributed by atoms with Crippen LogP contribution in [0, 0.1) is 15.4 Å². The van der Waals surface area contributed by atoms with E-state index >= 15 is 0 Å². The SMILES string of the molecule is CC(C)(C)OC(=O)NCC1CCC(C(=O)N[C@@H](Cc2ccc(I)cc2)C(=O)Nc2ccc(-c3nnc(Cl)[nH]3)cc2)CC1. The first-order valence-corrected chi connectivity index (χ1v) is 15.4. The number of ether oxygens (including phenoxy) is 1. The Bertz CT molecular complexity index is 1370. The molecule has 1 atom stereocenters. The van der Waals surface area contributed by atoms with Crippen LogP contribution >= 0.6 is 34.2 Å². The molecule has 1 saturated carbocycles. The van der Waals surface area contributed by atoms with Crippen molar-refractivity contribution < 1.29 is 19.1 Å².